The molecule has 3 rings (SSSR count). The molecular weight excluding hydrogens is 294 g/mol. The van der Waals surface area contributed by atoms with Gasteiger partial charge in [-0.05, 0) is 37.5 Å². The lowest BCUT2D eigenvalue weighted by molar-refractivity contribution is 0.552. The number of para-hydroxylation sites is 1. The van der Waals surface area contributed by atoms with Crippen molar-refractivity contribution in [1.82, 2.24) is 9.88 Å². The maximum absolute atomic E-state index is 4.84. The van der Waals surface area contributed by atoms with Gasteiger partial charge in [-0.2, -0.15) is 0 Å². The molecule has 3 heteroatoms. The molecule has 0 atom stereocenters. The Morgan fingerprint density at radius 2 is 1.88 bits per heavy atom. The molecule has 0 aliphatic heterocycles. The van der Waals surface area contributed by atoms with Crippen LogP contribution in [-0.2, 0) is 6.42 Å². The van der Waals surface area contributed by atoms with Gasteiger partial charge in [0.25, 0.3) is 0 Å². The van der Waals surface area contributed by atoms with Crippen molar-refractivity contribution in [3.8, 4) is 0 Å². The van der Waals surface area contributed by atoms with Crippen molar-refractivity contribution in [1.29, 1.82) is 0 Å². The number of aliphatic imine (C=N–C) groups is 1. The molecule has 24 heavy (non-hydrogen) atoms. The highest BCUT2D eigenvalue weighted by Gasteiger charge is 2.07. The van der Waals surface area contributed by atoms with Gasteiger partial charge in [-0.1, -0.05) is 48.5 Å². The topological polar surface area (TPSA) is 28.5 Å². The van der Waals surface area contributed by atoms with Crippen LogP contribution >= 0.6 is 0 Å². The minimum atomic E-state index is 0.895. The highest BCUT2D eigenvalue weighted by Crippen LogP contribution is 2.26. The Kier molecular flexibility index (Phi) is 4.90. The first-order valence-corrected chi connectivity index (χ1v) is 8.35. The van der Waals surface area contributed by atoms with Gasteiger partial charge in [0, 0.05) is 19.0 Å². The second kappa shape index (κ2) is 7.26. The number of rotatable bonds is 5. The molecule has 0 aliphatic rings. The number of hydrogen-bond acceptors (Lipinski definition) is 2. The number of aromatic nitrogens is 1. The predicted molar refractivity (Wildman–Crippen MR) is 102 cm³/mol. The zero-order chi connectivity index (χ0) is 16.9. The van der Waals surface area contributed by atoms with Crippen LogP contribution in [-0.4, -0.2) is 29.8 Å². The van der Waals surface area contributed by atoms with Crippen molar-refractivity contribution in [2.45, 2.75) is 20.3 Å². The Hall–Kier alpha value is -2.68. The van der Waals surface area contributed by atoms with Crippen LogP contribution in [0.5, 0.6) is 0 Å². The van der Waals surface area contributed by atoms with E-state index in [1.165, 1.54) is 11.1 Å². The zero-order valence-corrected chi connectivity index (χ0v) is 14.5. The van der Waals surface area contributed by atoms with Crippen LogP contribution in [0, 0.1) is 6.92 Å². The van der Waals surface area contributed by atoms with Gasteiger partial charge in [-0.15, -0.1) is 0 Å². The lowest BCUT2D eigenvalue weighted by Crippen LogP contribution is -2.14. The first-order chi connectivity index (χ1) is 11.7. The molecular formula is C21H23N3. The largest absolute Gasteiger partial charge is 0.366 e. The Balaban J connectivity index is 1.99. The molecule has 3 nitrogen and oxygen atoms in total. The van der Waals surface area contributed by atoms with Crippen LogP contribution < -0.4 is 0 Å². The van der Waals surface area contributed by atoms with E-state index in [0.717, 1.165) is 35.2 Å². The van der Waals surface area contributed by atoms with E-state index < -0.39 is 0 Å². The molecule has 3 aromatic rings. The predicted octanol–water partition coefficient (Wildman–Crippen LogP) is 4.75. The van der Waals surface area contributed by atoms with E-state index in [0.29, 0.717) is 0 Å². The fourth-order valence-corrected chi connectivity index (χ4v) is 2.67. The molecule has 0 saturated carbocycles. The molecule has 0 amide bonds. The maximum atomic E-state index is 4.84. The van der Waals surface area contributed by atoms with E-state index in [-0.39, 0.29) is 0 Å². The Morgan fingerprint density at radius 1 is 1.08 bits per heavy atom. The van der Waals surface area contributed by atoms with Gasteiger partial charge in [-0.3, -0.25) is 4.98 Å². The second-order valence-corrected chi connectivity index (χ2v) is 6.06. The highest BCUT2D eigenvalue weighted by atomic mass is 15.1. The Morgan fingerprint density at radius 3 is 2.62 bits per heavy atom. The van der Waals surface area contributed by atoms with Crippen LogP contribution in [0.25, 0.3) is 10.9 Å². The third-order valence-electron chi connectivity index (χ3n) is 4.22. The minimum Gasteiger partial charge on any atom is -0.366 e. The summed E-state index contributed by atoms with van der Waals surface area (Å²) in [5.74, 6) is 0. The van der Waals surface area contributed by atoms with Gasteiger partial charge >= 0.3 is 0 Å². The summed E-state index contributed by atoms with van der Waals surface area (Å²) in [6.07, 6.45) is 2.76. The van der Waals surface area contributed by atoms with Gasteiger partial charge in [0.05, 0.1) is 23.2 Å². The van der Waals surface area contributed by atoms with E-state index >= 15 is 0 Å². The molecule has 0 aliphatic carbocycles. The number of pyridine rings is 1. The van der Waals surface area contributed by atoms with E-state index in [1.807, 2.05) is 26.4 Å². The smallest absolute Gasteiger partial charge is 0.0910 e. The highest BCUT2D eigenvalue weighted by molar-refractivity contribution is 5.85. The number of hydrogen-bond donors (Lipinski definition) is 0. The molecule has 1 aromatic heterocycles. The maximum Gasteiger partial charge on any atom is 0.0910 e. The van der Waals surface area contributed by atoms with Gasteiger partial charge in [0.2, 0.25) is 0 Å². The number of nitrogens with zero attached hydrogens (tertiary/aromatic N) is 3. The minimum absolute atomic E-state index is 0.895. The molecule has 0 fully saturated rings. The summed E-state index contributed by atoms with van der Waals surface area (Å²) < 4.78 is 0. The van der Waals surface area contributed by atoms with Crippen molar-refractivity contribution >= 4 is 22.9 Å². The van der Waals surface area contributed by atoms with E-state index in [4.69, 9.17) is 4.98 Å². The quantitative estimate of drug-likeness (QED) is 0.502. The summed E-state index contributed by atoms with van der Waals surface area (Å²) in [5, 5.41) is 1.14. The molecule has 0 N–H and O–H groups in total. The van der Waals surface area contributed by atoms with Gasteiger partial charge < -0.3 is 4.90 Å². The average Bonchev–Trinajstić information content (AvgIpc) is 2.61. The number of aryl methyl sites for hydroxylation is 1. The molecule has 0 saturated heterocycles. The summed E-state index contributed by atoms with van der Waals surface area (Å²) in [5.41, 5.74) is 5.52. The van der Waals surface area contributed by atoms with Gasteiger partial charge in [-0.25, -0.2) is 4.99 Å². The third kappa shape index (κ3) is 3.62. The molecule has 0 bridgehead atoms. The molecule has 0 unspecified atom stereocenters. The lowest BCUT2D eigenvalue weighted by Gasteiger charge is -2.11. The summed E-state index contributed by atoms with van der Waals surface area (Å²) in [7, 11) is 2.02. The number of fused-ring (bicyclic) bond motifs is 1. The summed E-state index contributed by atoms with van der Waals surface area (Å²) in [6, 6.07) is 19.0. The molecule has 1 heterocycles. The van der Waals surface area contributed by atoms with Crippen molar-refractivity contribution in [3.05, 3.63) is 71.4 Å². The molecule has 0 spiro atoms. The van der Waals surface area contributed by atoms with Crippen molar-refractivity contribution in [2.75, 3.05) is 13.6 Å². The number of benzene rings is 2. The van der Waals surface area contributed by atoms with E-state index in [1.54, 1.807) is 0 Å². The Bertz CT molecular complexity index is 854. The fourth-order valence-electron chi connectivity index (χ4n) is 2.67. The normalized spacial score (nSPS) is 11.3. The molecule has 2 aromatic carbocycles. The van der Waals surface area contributed by atoms with Gasteiger partial charge in [0.1, 0.15) is 0 Å². The van der Waals surface area contributed by atoms with E-state index in [9.17, 15) is 0 Å². The van der Waals surface area contributed by atoms with Crippen molar-refractivity contribution < 1.29 is 0 Å². The first kappa shape index (κ1) is 16.2. The summed E-state index contributed by atoms with van der Waals surface area (Å²) >= 11 is 0. The Labute approximate surface area is 143 Å². The monoisotopic (exact) mass is 317 g/mol. The average molecular weight is 317 g/mol. The summed E-state index contributed by atoms with van der Waals surface area (Å²) in [6.45, 7) is 5.06. The van der Waals surface area contributed by atoms with Gasteiger partial charge in [0.15, 0.2) is 0 Å². The lowest BCUT2D eigenvalue weighted by atomic mass is 10.0. The SMILES string of the molecule is CCN(C)C=Nc1cc2cccc(Cc3ccccc3)c2nc1C. The molecule has 122 valence electrons. The van der Waals surface area contributed by atoms with Crippen LogP contribution in [0.4, 0.5) is 5.69 Å². The van der Waals surface area contributed by atoms with Crippen LogP contribution in [0.2, 0.25) is 0 Å². The molecule has 0 radical (unpaired) electrons. The van der Waals surface area contributed by atoms with Crippen LogP contribution in [0.3, 0.4) is 0 Å². The fraction of sp³-hybridized carbons (Fsp3) is 0.238. The summed E-state index contributed by atoms with van der Waals surface area (Å²) in [4.78, 5) is 11.5. The van der Waals surface area contributed by atoms with Crippen molar-refractivity contribution in [3.63, 3.8) is 0 Å². The van der Waals surface area contributed by atoms with Crippen LogP contribution in [0.15, 0.2) is 59.6 Å². The zero-order valence-electron chi connectivity index (χ0n) is 14.5. The van der Waals surface area contributed by atoms with E-state index in [2.05, 4.69) is 65.3 Å². The first-order valence-electron chi connectivity index (χ1n) is 8.35. The third-order valence-corrected chi connectivity index (χ3v) is 4.22. The van der Waals surface area contributed by atoms with Crippen LogP contribution in [0.1, 0.15) is 23.7 Å². The van der Waals surface area contributed by atoms with Crippen molar-refractivity contribution in [2.24, 2.45) is 4.99 Å². The second-order valence-electron chi connectivity index (χ2n) is 6.06. The standard InChI is InChI=1S/C21H23N3/c1-4-24(3)15-22-20-14-19-12-8-11-18(21(19)23-16(20)2)13-17-9-6-5-7-10-17/h5-12,14-15H,4,13H2,1-3H3.